The number of carbonyl (C=O) groups excluding carboxylic acids is 1. The molecular formula is C15H23N3O. The average molecular weight is 261 g/mol. The van der Waals surface area contributed by atoms with Crippen LogP contribution in [0.1, 0.15) is 12.5 Å². The molecule has 0 aliphatic carbocycles. The van der Waals surface area contributed by atoms with Gasteiger partial charge in [-0.3, -0.25) is 9.69 Å². The Labute approximate surface area is 115 Å². The molecule has 104 valence electrons. The fraction of sp³-hybridized carbons (Fsp3) is 0.533. The van der Waals surface area contributed by atoms with E-state index in [1.807, 2.05) is 37.2 Å². The summed E-state index contributed by atoms with van der Waals surface area (Å²) in [6.45, 7) is 4.51. The van der Waals surface area contributed by atoms with Crippen molar-refractivity contribution in [1.29, 1.82) is 0 Å². The van der Waals surface area contributed by atoms with Crippen LogP contribution in [-0.2, 0) is 11.3 Å². The number of likely N-dealkylation sites (N-methyl/N-ethyl adjacent to an activating group) is 2. The zero-order valence-electron chi connectivity index (χ0n) is 12.0. The Morgan fingerprint density at radius 3 is 2.63 bits per heavy atom. The molecule has 0 aromatic heterocycles. The van der Waals surface area contributed by atoms with E-state index in [1.54, 1.807) is 0 Å². The van der Waals surface area contributed by atoms with E-state index in [0.717, 1.165) is 13.1 Å². The van der Waals surface area contributed by atoms with Crippen LogP contribution in [0.25, 0.3) is 0 Å². The lowest BCUT2D eigenvalue weighted by atomic mass is 10.0. The molecule has 1 fully saturated rings. The number of carbonyl (C=O) groups is 1. The summed E-state index contributed by atoms with van der Waals surface area (Å²) in [4.78, 5) is 16.4. The standard InChI is InChI=1S/C15H23N3O/c1-12-10-17(3)15(19)14(9-16-2)18(12)11-13-7-5-4-6-8-13/h4-8,12,14,16H,9-11H2,1-3H3. The van der Waals surface area contributed by atoms with Crippen LogP contribution >= 0.6 is 0 Å². The smallest absolute Gasteiger partial charge is 0.241 e. The predicted octanol–water partition coefficient (Wildman–Crippen LogP) is 0.937. The summed E-state index contributed by atoms with van der Waals surface area (Å²) in [6, 6.07) is 10.7. The number of benzene rings is 1. The van der Waals surface area contributed by atoms with Crippen molar-refractivity contribution in [1.82, 2.24) is 15.1 Å². The summed E-state index contributed by atoms with van der Waals surface area (Å²) < 4.78 is 0. The molecule has 0 bridgehead atoms. The van der Waals surface area contributed by atoms with Crippen molar-refractivity contribution in [3.63, 3.8) is 0 Å². The van der Waals surface area contributed by atoms with E-state index in [2.05, 4.69) is 29.3 Å². The van der Waals surface area contributed by atoms with Gasteiger partial charge in [-0.15, -0.1) is 0 Å². The van der Waals surface area contributed by atoms with E-state index >= 15 is 0 Å². The van der Waals surface area contributed by atoms with Crippen LogP contribution in [0.3, 0.4) is 0 Å². The van der Waals surface area contributed by atoms with E-state index in [9.17, 15) is 4.79 Å². The molecule has 0 saturated carbocycles. The van der Waals surface area contributed by atoms with Gasteiger partial charge in [-0.2, -0.15) is 0 Å². The Kier molecular flexibility index (Phi) is 4.56. The lowest BCUT2D eigenvalue weighted by Crippen LogP contribution is -2.62. The SMILES string of the molecule is CNCC1C(=O)N(C)CC(C)N1Cc1ccccc1. The van der Waals surface area contributed by atoms with Crippen LogP contribution in [-0.4, -0.2) is 55.0 Å². The van der Waals surface area contributed by atoms with Gasteiger partial charge in [-0.25, -0.2) is 0 Å². The van der Waals surface area contributed by atoms with Gasteiger partial charge in [0.1, 0.15) is 6.04 Å². The Hall–Kier alpha value is -1.39. The molecule has 4 heteroatoms. The number of hydrogen-bond acceptors (Lipinski definition) is 3. The largest absolute Gasteiger partial charge is 0.343 e. The van der Waals surface area contributed by atoms with Crippen molar-refractivity contribution < 1.29 is 4.79 Å². The zero-order chi connectivity index (χ0) is 13.8. The van der Waals surface area contributed by atoms with Crippen molar-refractivity contribution in [2.75, 3.05) is 27.2 Å². The summed E-state index contributed by atoms with van der Waals surface area (Å²) in [6.07, 6.45) is 0. The molecule has 1 N–H and O–H groups in total. The number of piperazine rings is 1. The zero-order valence-corrected chi connectivity index (χ0v) is 12.0. The van der Waals surface area contributed by atoms with Crippen LogP contribution in [0.4, 0.5) is 0 Å². The molecule has 1 amide bonds. The normalized spacial score (nSPS) is 24.8. The maximum Gasteiger partial charge on any atom is 0.241 e. The van der Waals surface area contributed by atoms with Crippen LogP contribution in [0.2, 0.25) is 0 Å². The van der Waals surface area contributed by atoms with E-state index in [4.69, 9.17) is 0 Å². The minimum atomic E-state index is -0.0704. The minimum Gasteiger partial charge on any atom is -0.343 e. The molecule has 1 heterocycles. The van der Waals surface area contributed by atoms with E-state index in [1.165, 1.54) is 5.56 Å². The number of hydrogen-bond donors (Lipinski definition) is 1. The second-order valence-electron chi connectivity index (χ2n) is 5.30. The van der Waals surface area contributed by atoms with Crippen LogP contribution in [0.15, 0.2) is 30.3 Å². The van der Waals surface area contributed by atoms with Gasteiger partial charge in [-0.05, 0) is 19.5 Å². The molecule has 1 aliphatic rings. The third kappa shape index (κ3) is 3.14. The summed E-state index contributed by atoms with van der Waals surface area (Å²) in [5, 5.41) is 3.14. The highest BCUT2D eigenvalue weighted by atomic mass is 16.2. The first kappa shape index (κ1) is 14.0. The van der Waals surface area contributed by atoms with Gasteiger partial charge in [0.15, 0.2) is 0 Å². The second-order valence-corrected chi connectivity index (χ2v) is 5.30. The first-order valence-corrected chi connectivity index (χ1v) is 6.82. The number of amides is 1. The second kappa shape index (κ2) is 6.17. The van der Waals surface area contributed by atoms with Crippen LogP contribution < -0.4 is 5.32 Å². The van der Waals surface area contributed by atoms with Gasteiger partial charge in [0.05, 0.1) is 0 Å². The average Bonchev–Trinajstić information content (AvgIpc) is 2.41. The predicted molar refractivity (Wildman–Crippen MR) is 76.8 cm³/mol. The van der Waals surface area contributed by atoms with Gasteiger partial charge in [0.25, 0.3) is 0 Å². The Morgan fingerprint density at radius 1 is 1.32 bits per heavy atom. The molecule has 4 nitrogen and oxygen atoms in total. The lowest BCUT2D eigenvalue weighted by molar-refractivity contribution is -0.143. The fourth-order valence-electron chi connectivity index (χ4n) is 2.75. The molecule has 1 aliphatic heterocycles. The highest BCUT2D eigenvalue weighted by Crippen LogP contribution is 2.19. The molecule has 2 atom stereocenters. The van der Waals surface area contributed by atoms with Crippen molar-refractivity contribution in [3.05, 3.63) is 35.9 Å². The maximum atomic E-state index is 12.3. The van der Waals surface area contributed by atoms with Gasteiger partial charge in [0.2, 0.25) is 5.91 Å². The van der Waals surface area contributed by atoms with Crippen LogP contribution in [0, 0.1) is 0 Å². The number of nitrogens with one attached hydrogen (secondary N) is 1. The van der Waals surface area contributed by atoms with Crippen molar-refractivity contribution in [3.8, 4) is 0 Å². The topological polar surface area (TPSA) is 35.6 Å². The molecule has 0 spiro atoms. The third-order valence-corrected chi connectivity index (χ3v) is 3.77. The quantitative estimate of drug-likeness (QED) is 0.876. The highest BCUT2D eigenvalue weighted by molar-refractivity contribution is 5.82. The van der Waals surface area contributed by atoms with Crippen molar-refractivity contribution >= 4 is 5.91 Å². The molecule has 2 unspecified atom stereocenters. The van der Waals surface area contributed by atoms with Crippen molar-refractivity contribution in [2.24, 2.45) is 0 Å². The van der Waals surface area contributed by atoms with Gasteiger partial charge in [-0.1, -0.05) is 30.3 Å². The van der Waals surface area contributed by atoms with Gasteiger partial charge < -0.3 is 10.2 Å². The van der Waals surface area contributed by atoms with Gasteiger partial charge in [0, 0.05) is 32.7 Å². The minimum absolute atomic E-state index is 0.0704. The van der Waals surface area contributed by atoms with Crippen LogP contribution in [0.5, 0.6) is 0 Å². The summed E-state index contributed by atoms with van der Waals surface area (Å²) >= 11 is 0. The molecule has 19 heavy (non-hydrogen) atoms. The third-order valence-electron chi connectivity index (χ3n) is 3.77. The van der Waals surface area contributed by atoms with Crippen molar-refractivity contribution in [2.45, 2.75) is 25.6 Å². The molecule has 1 aromatic carbocycles. The fourth-order valence-corrected chi connectivity index (χ4v) is 2.75. The molecule has 2 rings (SSSR count). The molecule has 0 radical (unpaired) electrons. The molecule has 1 aromatic rings. The monoisotopic (exact) mass is 261 g/mol. The highest BCUT2D eigenvalue weighted by Gasteiger charge is 2.36. The van der Waals surface area contributed by atoms with E-state index in [-0.39, 0.29) is 11.9 Å². The Balaban J connectivity index is 2.17. The van der Waals surface area contributed by atoms with E-state index in [0.29, 0.717) is 12.6 Å². The summed E-state index contributed by atoms with van der Waals surface area (Å²) in [7, 11) is 3.79. The summed E-state index contributed by atoms with van der Waals surface area (Å²) in [5.41, 5.74) is 1.26. The van der Waals surface area contributed by atoms with E-state index < -0.39 is 0 Å². The summed E-state index contributed by atoms with van der Waals surface area (Å²) in [5.74, 6) is 0.211. The Bertz CT molecular complexity index is 421. The Morgan fingerprint density at radius 2 is 2.00 bits per heavy atom. The lowest BCUT2D eigenvalue weighted by Gasteiger charge is -2.43. The first-order chi connectivity index (χ1) is 9.13. The maximum absolute atomic E-state index is 12.3. The van der Waals surface area contributed by atoms with Gasteiger partial charge >= 0.3 is 0 Å². The number of rotatable bonds is 4. The number of nitrogens with zero attached hydrogens (tertiary/aromatic N) is 2. The molecule has 1 saturated heterocycles. The first-order valence-electron chi connectivity index (χ1n) is 6.82. The molecular weight excluding hydrogens is 238 g/mol.